The van der Waals surface area contributed by atoms with Gasteiger partial charge in [0.05, 0.1) is 12.2 Å². The fourth-order valence-corrected chi connectivity index (χ4v) is 3.54. The molecular formula is C13H24O2. The van der Waals surface area contributed by atoms with E-state index in [1.54, 1.807) is 0 Å². The van der Waals surface area contributed by atoms with Crippen molar-refractivity contribution >= 4 is 0 Å². The molecule has 2 nitrogen and oxygen atoms in total. The van der Waals surface area contributed by atoms with Gasteiger partial charge >= 0.3 is 0 Å². The van der Waals surface area contributed by atoms with Crippen molar-refractivity contribution in [2.45, 2.75) is 58.2 Å². The zero-order chi connectivity index (χ0) is 10.8. The molecule has 0 saturated heterocycles. The van der Waals surface area contributed by atoms with Crippen molar-refractivity contribution in [1.29, 1.82) is 0 Å². The van der Waals surface area contributed by atoms with Crippen molar-refractivity contribution in [1.82, 2.24) is 0 Å². The number of fused-ring (bicyclic) bond motifs is 2. The molecule has 0 spiro atoms. The first kappa shape index (κ1) is 11.4. The molecule has 0 aromatic rings. The molecule has 15 heavy (non-hydrogen) atoms. The van der Waals surface area contributed by atoms with E-state index in [2.05, 4.69) is 0 Å². The van der Waals surface area contributed by atoms with Crippen LogP contribution in [0.4, 0.5) is 0 Å². The molecule has 0 aromatic heterocycles. The Hall–Kier alpha value is -0.0800. The molecule has 0 heterocycles. The number of aliphatic hydroxyl groups is 1. The summed E-state index contributed by atoms with van der Waals surface area (Å²) in [5.74, 6) is 2.68. The zero-order valence-electron chi connectivity index (χ0n) is 9.98. The molecule has 0 radical (unpaired) electrons. The van der Waals surface area contributed by atoms with Gasteiger partial charge < -0.3 is 9.84 Å². The first-order valence-corrected chi connectivity index (χ1v) is 6.50. The summed E-state index contributed by atoms with van der Waals surface area (Å²) in [6, 6.07) is 0. The predicted octanol–water partition coefficient (Wildman–Crippen LogP) is 2.60. The zero-order valence-corrected chi connectivity index (χ0v) is 9.98. The minimum absolute atomic E-state index is 0.00845. The summed E-state index contributed by atoms with van der Waals surface area (Å²) >= 11 is 0. The highest BCUT2D eigenvalue weighted by Gasteiger charge is 2.40. The largest absolute Gasteiger partial charge is 0.390 e. The molecule has 2 heteroatoms. The van der Waals surface area contributed by atoms with Gasteiger partial charge in [0, 0.05) is 6.61 Å². The minimum atomic E-state index is -0.255. The molecule has 0 amide bonds. The first-order valence-electron chi connectivity index (χ1n) is 6.50. The van der Waals surface area contributed by atoms with Gasteiger partial charge in [0.2, 0.25) is 0 Å². The Morgan fingerprint density at radius 3 is 2.67 bits per heavy atom. The van der Waals surface area contributed by atoms with Crippen molar-refractivity contribution in [3.05, 3.63) is 0 Å². The molecule has 5 atom stereocenters. The van der Waals surface area contributed by atoms with Gasteiger partial charge in [-0.2, -0.15) is 0 Å². The number of rotatable bonds is 5. The Labute approximate surface area is 93.0 Å². The summed E-state index contributed by atoms with van der Waals surface area (Å²) in [5, 5.41) is 10.0. The van der Waals surface area contributed by atoms with Crippen LogP contribution in [0.25, 0.3) is 0 Å². The third kappa shape index (κ3) is 2.54. The highest BCUT2D eigenvalue weighted by molar-refractivity contribution is 4.91. The Balaban J connectivity index is 1.77. The monoisotopic (exact) mass is 212 g/mol. The third-order valence-electron chi connectivity index (χ3n) is 4.40. The Morgan fingerprint density at radius 2 is 2.13 bits per heavy atom. The van der Waals surface area contributed by atoms with Crippen LogP contribution in [-0.4, -0.2) is 23.9 Å². The lowest BCUT2D eigenvalue weighted by atomic mass is 9.84. The lowest BCUT2D eigenvalue weighted by Crippen LogP contribution is -2.29. The van der Waals surface area contributed by atoms with Crippen molar-refractivity contribution < 1.29 is 9.84 Å². The standard InChI is InChI=1S/C13H24O2/c1-3-15-9(2)13(14)8-12-7-10-4-5-11(12)6-10/h9-14H,3-8H2,1-2H3. The topological polar surface area (TPSA) is 29.5 Å². The van der Waals surface area contributed by atoms with Crippen LogP contribution in [-0.2, 0) is 4.74 Å². The van der Waals surface area contributed by atoms with E-state index in [0.29, 0.717) is 6.61 Å². The molecule has 88 valence electrons. The molecule has 1 N–H and O–H groups in total. The van der Waals surface area contributed by atoms with Crippen LogP contribution in [0.5, 0.6) is 0 Å². The van der Waals surface area contributed by atoms with Crippen LogP contribution in [0, 0.1) is 17.8 Å². The number of hydrogen-bond acceptors (Lipinski definition) is 2. The molecule has 2 fully saturated rings. The summed E-state index contributed by atoms with van der Waals surface area (Å²) in [4.78, 5) is 0. The summed E-state index contributed by atoms with van der Waals surface area (Å²) in [5.41, 5.74) is 0. The Morgan fingerprint density at radius 1 is 1.33 bits per heavy atom. The van der Waals surface area contributed by atoms with E-state index in [4.69, 9.17) is 4.74 Å². The highest BCUT2D eigenvalue weighted by atomic mass is 16.5. The van der Waals surface area contributed by atoms with E-state index in [0.717, 1.165) is 24.2 Å². The van der Waals surface area contributed by atoms with Gasteiger partial charge in [-0.05, 0) is 57.3 Å². The van der Waals surface area contributed by atoms with Gasteiger partial charge in [0.15, 0.2) is 0 Å². The van der Waals surface area contributed by atoms with E-state index >= 15 is 0 Å². The van der Waals surface area contributed by atoms with E-state index in [9.17, 15) is 5.11 Å². The summed E-state index contributed by atoms with van der Waals surface area (Å²) in [6.45, 7) is 4.68. The summed E-state index contributed by atoms with van der Waals surface area (Å²) < 4.78 is 5.44. The number of hydrogen-bond donors (Lipinski definition) is 1. The molecule has 2 rings (SSSR count). The van der Waals surface area contributed by atoms with Crippen molar-refractivity contribution in [3.8, 4) is 0 Å². The predicted molar refractivity (Wildman–Crippen MR) is 60.6 cm³/mol. The van der Waals surface area contributed by atoms with Crippen LogP contribution in [0.15, 0.2) is 0 Å². The normalized spacial score (nSPS) is 38.2. The number of aliphatic hydroxyl groups excluding tert-OH is 1. The van der Waals surface area contributed by atoms with Gasteiger partial charge in [0.1, 0.15) is 0 Å². The molecule has 5 unspecified atom stereocenters. The maximum Gasteiger partial charge on any atom is 0.0805 e. The Kier molecular flexibility index (Phi) is 3.68. The average molecular weight is 212 g/mol. The van der Waals surface area contributed by atoms with E-state index in [-0.39, 0.29) is 12.2 Å². The van der Waals surface area contributed by atoms with E-state index in [1.165, 1.54) is 25.7 Å². The smallest absolute Gasteiger partial charge is 0.0805 e. The van der Waals surface area contributed by atoms with Gasteiger partial charge in [0.25, 0.3) is 0 Å². The van der Waals surface area contributed by atoms with Crippen molar-refractivity contribution in [2.24, 2.45) is 17.8 Å². The molecule has 2 aliphatic rings. The lowest BCUT2D eigenvalue weighted by molar-refractivity contribution is -0.0345. The van der Waals surface area contributed by atoms with E-state index < -0.39 is 0 Å². The van der Waals surface area contributed by atoms with Crippen LogP contribution in [0.1, 0.15) is 46.0 Å². The minimum Gasteiger partial charge on any atom is -0.390 e. The number of ether oxygens (including phenoxy) is 1. The maximum absolute atomic E-state index is 10.0. The van der Waals surface area contributed by atoms with Gasteiger partial charge in [-0.15, -0.1) is 0 Å². The van der Waals surface area contributed by atoms with Crippen molar-refractivity contribution in [3.63, 3.8) is 0 Å². The molecule has 2 aliphatic carbocycles. The fraction of sp³-hybridized carbons (Fsp3) is 1.00. The highest BCUT2D eigenvalue weighted by Crippen LogP contribution is 2.50. The van der Waals surface area contributed by atoms with Gasteiger partial charge in [-0.1, -0.05) is 6.42 Å². The van der Waals surface area contributed by atoms with Crippen LogP contribution < -0.4 is 0 Å². The van der Waals surface area contributed by atoms with E-state index in [1.807, 2.05) is 13.8 Å². The maximum atomic E-state index is 10.0. The van der Waals surface area contributed by atoms with Gasteiger partial charge in [-0.25, -0.2) is 0 Å². The molecule has 2 bridgehead atoms. The molecule has 0 aromatic carbocycles. The van der Waals surface area contributed by atoms with Gasteiger partial charge in [-0.3, -0.25) is 0 Å². The first-order chi connectivity index (χ1) is 7.20. The van der Waals surface area contributed by atoms with Crippen molar-refractivity contribution in [2.75, 3.05) is 6.61 Å². The molecular weight excluding hydrogens is 188 g/mol. The summed E-state index contributed by atoms with van der Waals surface area (Å²) in [7, 11) is 0. The fourth-order valence-electron chi connectivity index (χ4n) is 3.54. The lowest BCUT2D eigenvalue weighted by Gasteiger charge is -2.26. The SMILES string of the molecule is CCOC(C)C(O)CC1CC2CCC1C2. The molecule has 0 aliphatic heterocycles. The second-order valence-corrected chi connectivity index (χ2v) is 5.40. The van der Waals surface area contributed by atoms with Crippen LogP contribution >= 0.6 is 0 Å². The summed E-state index contributed by atoms with van der Waals surface area (Å²) in [6.07, 6.45) is 6.36. The quantitative estimate of drug-likeness (QED) is 0.759. The average Bonchev–Trinajstić information content (AvgIpc) is 2.79. The Bertz CT molecular complexity index is 205. The second kappa shape index (κ2) is 4.84. The molecule has 2 saturated carbocycles. The van der Waals surface area contributed by atoms with Crippen LogP contribution in [0.2, 0.25) is 0 Å². The second-order valence-electron chi connectivity index (χ2n) is 5.40. The van der Waals surface area contributed by atoms with Crippen LogP contribution in [0.3, 0.4) is 0 Å². The third-order valence-corrected chi connectivity index (χ3v) is 4.40.